The zero-order chi connectivity index (χ0) is 43.5. The van der Waals surface area contributed by atoms with Crippen molar-refractivity contribution in [2.45, 2.75) is 52.4 Å². The zero-order valence-corrected chi connectivity index (χ0v) is 38.5. The van der Waals surface area contributed by atoms with Crippen LogP contribution in [-0.2, 0) is 10.8 Å². The van der Waals surface area contributed by atoms with E-state index < -0.39 is 0 Å². The summed E-state index contributed by atoms with van der Waals surface area (Å²) in [6.45, 7) is 13.7. The molecule has 64 heavy (non-hydrogen) atoms. The summed E-state index contributed by atoms with van der Waals surface area (Å²) in [5.41, 5.74) is 15.7. The van der Waals surface area contributed by atoms with E-state index in [0.29, 0.717) is 0 Å². The molecular formula is C58H46BN2OS2. The van der Waals surface area contributed by atoms with Crippen LogP contribution in [0.2, 0.25) is 0 Å². The highest BCUT2D eigenvalue weighted by Gasteiger charge is 2.35. The number of furan rings is 1. The van der Waals surface area contributed by atoms with E-state index in [-0.39, 0.29) is 10.8 Å². The van der Waals surface area contributed by atoms with E-state index in [2.05, 4.69) is 223 Å². The van der Waals surface area contributed by atoms with Gasteiger partial charge in [0.1, 0.15) is 11.2 Å². The number of para-hydroxylation sites is 1. The van der Waals surface area contributed by atoms with Gasteiger partial charge in [-0.15, -0.1) is 22.7 Å². The largest absolute Gasteiger partial charge is 0.455 e. The van der Waals surface area contributed by atoms with Gasteiger partial charge in [0.25, 0.3) is 0 Å². The maximum absolute atomic E-state index is 7.12. The second-order valence-corrected chi connectivity index (χ2v) is 21.3. The van der Waals surface area contributed by atoms with Crippen molar-refractivity contribution in [3.8, 4) is 22.3 Å². The van der Waals surface area contributed by atoms with Gasteiger partial charge in [0.2, 0.25) is 0 Å². The molecule has 11 aromatic rings. The van der Waals surface area contributed by atoms with Gasteiger partial charge < -0.3 is 14.6 Å². The van der Waals surface area contributed by atoms with E-state index in [0.717, 1.165) is 61.3 Å². The Bertz CT molecular complexity index is 3640. The first kappa shape index (κ1) is 39.0. The molecule has 0 saturated heterocycles. The van der Waals surface area contributed by atoms with Crippen LogP contribution in [0.3, 0.4) is 0 Å². The number of hydrogen-bond acceptors (Lipinski definition) is 5. The standard InChI is InChI=1S/C58H46BN2OS2/c1-57(2,3)35-24-27-37(28-25-35)60-53-42(30-29-40-39-19-11-14-22-48(39)63-55(40)53)50-52-46(33-44-38-18-10-13-21-47(38)62-54(44)50)61(56-51(59-52)41-20-12-15-23-49(41)64-56)45-31-26-36(58(4,5)6)32-43(45)34-16-8-7-9-17-34/h7-33,60H,1-6H3. The first-order chi connectivity index (χ1) is 31.0. The summed E-state index contributed by atoms with van der Waals surface area (Å²) < 4.78 is 10.9. The number of thiophene rings is 2. The van der Waals surface area contributed by atoms with Gasteiger partial charge in [-0.2, -0.15) is 0 Å². The number of fused-ring (bicyclic) bond motifs is 10. The molecule has 6 heteroatoms. The van der Waals surface area contributed by atoms with Gasteiger partial charge >= 0.3 is 0 Å². The quantitative estimate of drug-likeness (QED) is 0.175. The van der Waals surface area contributed by atoms with Crippen molar-refractivity contribution in [2.24, 2.45) is 0 Å². The fraction of sp³-hybridized carbons (Fsp3) is 0.138. The van der Waals surface area contributed by atoms with Crippen LogP contribution in [0.5, 0.6) is 0 Å². The topological polar surface area (TPSA) is 28.4 Å². The fourth-order valence-electron chi connectivity index (χ4n) is 9.67. The molecule has 0 unspecified atom stereocenters. The van der Waals surface area contributed by atoms with Gasteiger partial charge in [-0.3, -0.25) is 0 Å². The summed E-state index contributed by atoms with van der Waals surface area (Å²) in [4.78, 5) is 2.56. The molecule has 0 atom stereocenters. The first-order valence-corrected chi connectivity index (χ1v) is 23.8. The molecule has 1 aliphatic rings. The van der Waals surface area contributed by atoms with Crippen molar-refractivity contribution in [1.82, 2.24) is 0 Å². The van der Waals surface area contributed by atoms with Crippen LogP contribution in [0.4, 0.5) is 27.8 Å². The molecular weight excluding hydrogens is 816 g/mol. The average Bonchev–Trinajstić information content (AvgIpc) is 3.99. The predicted molar refractivity (Wildman–Crippen MR) is 280 cm³/mol. The second-order valence-electron chi connectivity index (χ2n) is 19.2. The van der Waals surface area contributed by atoms with Gasteiger partial charge in [-0.05, 0) is 92.4 Å². The first-order valence-electron chi connectivity index (χ1n) is 22.2. The molecule has 0 spiro atoms. The maximum atomic E-state index is 7.12. The van der Waals surface area contributed by atoms with Crippen LogP contribution in [0.25, 0.3) is 74.5 Å². The van der Waals surface area contributed by atoms with Gasteiger partial charge in [0.15, 0.2) is 7.28 Å². The summed E-state index contributed by atoms with van der Waals surface area (Å²) in [6.07, 6.45) is 0. The number of rotatable bonds is 5. The van der Waals surface area contributed by atoms with Crippen LogP contribution in [-0.4, -0.2) is 7.28 Å². The van der Waals surface area contributed by atoms with Crippen LogP contribution >= 0.6 is 22.7 Å². The summed E-state index contributed by atoms with van der Waals surface area (Å²) >= 11 is 3.72. The highest BCUT2D eigenvalue weighted by Crippen LogP contribution is 2.52. The van der Waals surface area contributed by atoms with E-state index in [1.54, 1.807) is 0 Å². The third-order valence-electron chi connectivity index (χ3n) is 13.1. The molecule has 0 bridgehead atoms. The Hall–Kier alpha value is -6.60. The summed E-state index contributed by atoms with van der Waals surface area (Å²) in [6, 6.07) is 60.3. The number of hydrogen-bond donors (Lipinski definition) is 1. The summed E-state index contributed by atoms with van der Waals surface area (Å²) in [5, 5.41) is 11.2. The molecule has 1 aliphatic heterocycles. The van der Waals surface area contributed by atoms with E-state index >= 15 is 0 Å². The monoisotopic (exact) mass is 861 g/mol. The maximum Gasteiger partial charge on any atom is 0.200 e. The summed E-state index contributed by atoms with van der Waals surface area (Å²) in [7, 11) is 2.45. The number of nitrogens with one attached hydrogen (secondary N) is 1. The van der Waals surface area contributed by atoms with Crippen molar-refractivity contribution in [1.29, 1.82) is 0 Å². The number of benzene rings is 8. The second kappa shape index (κ2) is 14.5. The average molecular weight is 862 g/mol. The van der Waals surface area contributed by atoms with E-state index in [1.807, 2.05) is 22.7 Å². The Kier molecular flexibility index (Phi) is 8.82. The van der Waals surface area contributed by atoms with Crippen LogP contribution < -0.4 is 21.1 Å². The molecule has 0 amide bonds. The normalized spacial score (nSPS) is 12.9. The zero-order valence-electron chi connectivity index (χ0n) is 36.8. The lowest BCUT2D eigenvalue weighted by atomic mass is 9.58. The lowest BCUT2D eigenvalue weighted by Crippen LogP contribution is -2.40. The van der Waals surface area contributed by atoms with E-state index in [1.165, 1.54) is 63.0 Å². The van der Waals surface area contributed by atoms with E-state index in [4.69, 9.17) is 4.42 Å². The third kappa shape index (κ3) is 6.22. The minimum Gasteiger partial charge on any atom is -0.455 e. The molecule has 0 aliphatic carbocycles. The molecule has 1 radical (unpaired) electrons. The Morgan fingerprint density at radius 3 is 1.92 bits per heavy atom. The molecule has 1 N–H and O–H groups in total. The van der Waals surface area contributed by atoms with Crippen molar-refractivity contribution < 1.29 is 4.42 Å². The van der Waals surface area contributed by atoms with Crippen LogP contribution in [0.1, 0.15) is 52.7 Å². The highest BCUT2D eigenvalue weighted by atomic mass is 32.1. The summed E-state index contributed by atoms with van der Waals surface area (Å²) in [5.74, 6) is 0. The number of nitrogens with zero attached hydrogens (tertiary/aromatic N) is 1. The predicted octanol–water partition coefficient (Wildman–Crippen LogP) is 16.3. The molecule has 4 heterocycles. The molecule has 0 saturated carbocycles. The van der Waals surface area contributed by atoms with Gasteiger partial charge in [0.05, 0.1) is 21.1 Å². The fourth-order valence-corrected chi connectivity index (χ4v) is 12.1. The minimum atomic E-state index is -0.0326. The van der Waals surface area contributed by atoms with Gasteiger partial charge in [0, 0.05) is 59.0 Å². The molecule has 3 aromatic heterocycles. The smallest absolute Gasteiger partial charge is 0.200 e. The molecule has 8 aromatic carbocycles. The Labute approximate surface area is 382 Å². The molecule has 12 rings (SSSR count). The van der Waals surface area contributed by atoms with Crippen molar-refractivity contribution in [3.05, 3.63) is 175 Å². The van der Waals surface area contributed by atoms with Gasteiger partial charge in [-0.25, -0.2) is 0 Å². The lowest BCUT2D eigenvalue weighted by Gasteiger charge is -2.35. The highest BCUT2D eigenvalue weighted by molar-refractivity contribution is 7.26. The SMILES string of the molecule is CC(C)(C)c1ccc(Nc2c(-c3c4c(cc5c3oc3ccccc35)N(c3ccc(C(C)(C)C)cc3-c3ccccc3)c3sc5ccccc5c3[B]4)ccc3c2sc2ccccc23)cc1. The minimum absolute atomic E-state index is 0.0326. The van der Waals surface area contributed by atoms with Crippen molar-refractivity contribution in [3.63, 3.8) is 0 Å². The van der Waals surface area contributed by atoms with Crippen molar-refractivity contribution in [2.75, 3.05) is 10.2 Å². The Morgan fingerprint density at radius 1 is 0.516 bits per heavy atom. The Morgan fingerprint density at radius 2 is 1.17 bits per heavy atom. The third-order valence-corrected chi connectivity index (χ3v) is 15.4. The molecule has 0 fully saturated rings. The lowest BCUT2D eigenvalue weighted by molar-refractivity contribution is 0.590. The van der Waals surface area contributed by atoms with Crippen LogP contribution in [0.15, 0.2) is 168 Å². The Balaban J connectivity index is 1.20. The number of anilines is 5. The van der Waals surface area contributed by atoms with Crippen molar-refractivity contribution >= 4 is 121 Å². The molecule has 309 valence electrons. The molecule has 3 nitrogen and oxygen atoms in total. The van der Waals surface area contributed by atoms with Crippen LogP contribution in [0, 0.1) is 0 Å². The van der Waals surface area contributed by atoms with E-state index in [9.17, 15) is 0 Å². The van der Waals surface area contributed by atoms with Gasteiger partial charge in [-0.1, -0.05) is 157 Å².